The van der Waals surface area contributed by atoms with Crippen LogP contribution in [-0.2, 0) is 4.79 Å². The Morgan fingerprint density at radius 1 is 1.35 bits per heavy atom. The highest BCUT2D eigenvalue weighted by Crippen LogP contribution is 2.14. The zero-order valence-electron chi connectivity index (χ0n) is 8.87. The van der Waals surface area contributed by atoms with Crippen LogP contribution in [0.15, 0.2) is 41.7 Å². The Bertz CT molecular complexity index is 593. The van der Waals surface area contributed by atoms with Gasteiger partial charge in [0.1, 0.15) is 0 Å². The van der Waals surface area contributed by atoms with Gasteiger partial charge in [-0.25, -0.2) is 0 Å². The molecule has 0 aliphatic carbocycles. The van der Waals surface area contributed by atoms with Crippen LogP contribution in [0.3, 0.4) is 0 Å². The van der Waals surface area contributed by atoms with Gasteiger partial charge in [0.15, 0.2) is 0 Å². The maximum Gasteiger partial charge on any atom is 0.309 e. The Hall–Kier alpha value is -2.43. The highest BCUT2D eigenvalue weighted by Gasteiger charge is 2.10. The first-order valence-electron chi connectivity index (χ1n) is 4.98. The molecule has 0 radical (unpaired) electrons. The number of aromatic nitrogens is 1. The largest absolute Gasteiger partial charge is 0.481 e. The number of carboxylic acid groups (broad SMARTS) is 1. The van der Waals surface area contributed by atoms with Gasteiger partial charge in [-0.15, -0.1) is 0 Å². The normalized spacial score (nSPS) is 11.6. The van der Waals surface area contributed by atoms with E-state index in [1.807, 2.05) is 24.3 Å². The van der Waals surface area contributed by atoms with Crippen LogP contribution in [0.4, 0.5) is 0 Å². The summed E-state index contributed by atoms with van der Waals surface area (Å²) in [5.41, 5.74) is 1.41. The number of fused-ring (bicyclic) bond motifs is 1. The zero-order valence-corrected chi connectivity index (χ0v) is 8.87. The summed E-state index contributed by atoms with van der Waals surface area (Å²) >= 11 is 0. The number of nitrogens with zero attached hydrogens (tertiary/aromatic N) is 2. The monoisotopic (exact) mass is 230 g/mol. The number of benzene rings is 1. The lowest BCUT2D eigenvalue weighted by Crippen LogP contribution is -2.08. The number of oxime groups is 1. The van der Waals surface area contributed by atoms with Crippen LogP contribution < -0.4 is 0 Å². The lowest BCUT2D eigenvalue weighted by molar-refractivity contribution is -0.135. The van der Waals surface area contributed by atoms with Crippen LogP contribution in [0.2, 0.25) is 0 Å². The summed E-state index contributed by atoms with van der Waals surface area (Å²) in [6.45, 7) is 0. The van der Waals surface area contributed by atoms with Crippen LogP contribution in [0.5, 0.6) is 0 Å². The Balaban J connectivity index is 2.45. The summed E-state index contributed by atoms with van der Waals surface area (Å²) in [5.74, 6) is -1.05. The molecule has 1 heterocycles. The van der Waals surface area contributed by atoms with Crippen molar-refractivity contribution in [2.24, 2.45) is 5.16 Å². The van der Waals surface area contributed by atoms with Crippen molar-refractivity contribution in [3.05, 3.63) is 42.1 Å². The van der Waals surface area contributed by atoms with Crippen molar-refractivity contribution in [3.8, 4) is 0 Å². The van der Waals surface area contributed by atoms with Gasteiger partial charge in [0.2, 0.25) is 0 Å². The summed E-state index contributed by atoms with van der Waals surface area (Å²) in [6.07, 6.45) is 1.16. The van der Waals surface area contributed by atoms with E-state index >= 15 is 0 Å². The van der Waals surface area contributed by atoms with Gasteiger partial charge >= 0.3 is 5.97 Å². The molecule has 86 valence electrons. The van der Waals surface area contributed by atoms with Gasteiger partial charge in [-0.1, -0.05) is 23.4 Å². The number of hydrogen-bond acceptors (Lipinski definition) is 4. The SMILES string of the molecule is O=C(O)C/C(=N/O)c1cnc2ccccc2c1. The molecule has 0 unspecified atom stereocenters. The number of carboxylic acids is 1. The van der Waals surface area contributed by atoms with Crippen molar-refractivity contribution in [2.75, 3.05) is 0 Å². The molecule has 0 amide bonds. The van der Waals surface area contributed by atoms with Crippen LogP contribution in [-0.4, -0.2) is 27.0 Å². The summed E-state index contributed by atoms with van der Waals surface area (Å²) in [7, 11) is 0. The van der Waals surface area contributed by atoms with Gasteiger partial charge < -0.3 is 10.3 Å². The lowest BCUT2D eigenvalue weighted by Gasteiger charge is -2.03. The highest BCUT2D eigenvalue weighted by atomic mass is 16.4. The Labute approximate surface area is 97.0 Å². The van der Waals surface area contributed by atoms with Gasteiger partial charge in [0, 0.05) is 17.1 Å². The van der Waals surface area contributed by atoms with Crippen molar-refractivity contribution in [1.82, 2.24) is 4.98 Å². The van der Waals surface area contributed by atoms with Gasteiger partial charge in [0.25, 0.3) is 0 Å². The minimum absolute atomic E-state index is 0.0933. The Kier molecular flexibility index (Phi) is 3.00. The summed E-state index contributed by atoms with van der Waals surface area (Å²) in [6, 6.07) is 9.20. The van der Waals surface area contributed by atoms with Gasteiger partial charge in [0.05, 0.1) is 17.6 Å². The molecule has 2 rings (SSSR count). The second-order valence-electron chi connectivity index (χ2n) is 3.53. The third kappa shape index (κ3) is 2.39. The maximum absolute atomic E-state index is 10.6. The van der Waals surface area contributed by atoms with E-state index in [9.17, 15) is 4.79 Å². The van der Waals surface area contributed by atoms with Crippen molar-refractivity contribution in [3.63, 3.8) is 0 Å². The molecule has 1 aromatic heterocycles. The second-order valence-corrected chi connectivity index (χ2v) is 3.53. The van der Waals surface area contributed by atoms with Crippen LogP contribution in [0.1, 0.15) is 12.0 Å². The smallest absolute Gasteiger partial charge is 0.309 e. The minimum atomic E-state index is -1.05. The van der Waals surface area contributed by atoms with E-state index in [-0.39, 0.29) is 12.1 Å². The number of para-hydroxylation sites is 1. The molecule has 0 saturated heterocycles. The predicted octanol–water partition coefficient (Wildman–Crippen LogP) is 1.89. The Morgan fingerprint density at radius 2 is 2.12 bits per heavy atom. The van der Waals surface area contributed by atoms with Crippen molar-refractivity contribution < 1.29 is 15.1 Å². The summed E-state index contributed by atoms with van der Waals surface area (Å²) in [4.78, 5) is 14.8. The van der Waals surface area contributed by atoms with E-state index in [2.05, 4.69) is 10.1 Å². The molecule has 0 aliphatic rings. The average molecular weight is 230 g/mol. The fourth-order valence-electron chi connectivity index (χ4n) is 1.57. The topological polar surface area (TPSA) is 82.8 Å². The molecule has 5 nitrogen and oxygen atoms in total. The third-order valence-electron chi connectivity index (χ3n) is 2.36. The van der Waals surface area contributed by atoms with E-state index in [4.69, 9.17) is 10.3 Å². The summed E-state index contributed by atoms with van der Waals surface area (Å²) < 4.78 is 0. The molecular weight excluding hydrogens is 220 g/mol. The molecule has 0 spiro atoms. The fourth-order valence-corrected chi connectivity index (χ4v) is 1.57. The average Bonchev–Trinajstić information content (AvgIpc) is 2.35. The fraction of sp³-hybridized carbons (Fsp3) is 0.0833. The second kappa shape index (κ2) is 4.61. The van der Waals surface area contributed by atoms with E-state index in [1.165, 1.54) is 6.20 Å². The molecule has 2 N–H and O–H groups in total. The van der Waals surface area contributed by atoms with E-state index in [0.29, 0.717) is 5.56 Å². The number of hydrogen-bond donors (Lipinski definition) is 2. The quantitative estimate of drug-likeness (QED) is 0.479. The van der Waals surface area contributed by atoms with Gasteiger partial charge in [-0.3, -0.25) is 9.78 Å². The molecule has 1 aromatic carbocycles. The zero-order chi connectivity index (χ0) is 12.3. The lowest BCUT2D eigenvalue weighted by atomic mass is 10.1. The molecule has 0 saturated carbocycles. The number of pyridine rings is 1. The maximum atomic E-state index is 10.6. The molecule has 5 heteroatoms. The first-order valence-corrected chi connectivity index (χ1v) is 4.98. The molecule has 0 aliphatic heterocycles. The molecule has 2 aromatic rings. The van der Waals surface area contributed by atoms with Gasteiger partial charge in [-0.05, 0) is 12.1 Å². The Morgan fingerprint density at radius 3 is 2.82 bits per heavy atom. The number of rotatable bonds is 3. The van der Waals surface area contributed by atoms with Crippen LogP contribution in [0.25, 0.3) is 10.9 Å². The van der Waals surface area contributed by atoms with E-state index < -0.39 is 5.97 Å². The van der Waals surface area contributed by atoms with Crippen molar-refractivity contribution in [2.45, 2.75) is 6.42 Å². The molecule has 0 bridgehead atoms. The molecule has 0 atom stereocenters. The van der Waals surface area contributed by atoms with Crippen LogP contribution in [0, 0.1) is 0 Å². The third-order valence-corrected chi connectivity index (χ3v) is 2.36. The summed E-state index contributed by atoms with van der Waals surface area (Å²) in [5, 5.41) is 21.3. The standard InChI is InChI=1S/C12H10N2O3/c15-12(16)6-11(14-17)9-5-8-3-1-2-4-10(8)13-7-9/h1-5,7,17H,6H2,(H,15,16)/b14-11-. The first-order chi connectivity index (χ1) is 8.20. The van der Waals surface area contributed by atoms with Crippen molar-refractivity contribution in [1.29, 1.82) is 0 Å². The minimum Gasteiger partial charge on any atom is -0.481 e. The molecule has 17 heavy (non-hydrogen) atoms. The highest BCUT2D eigenvalue weighted by molar-refractivity contribution is 6.09. The van der Waals surface area contributed by atoms with Crippen molar-refractivity contribution >= 4 is 22.6 Å². The predicted molar refractivity (Wildman–Crippen MR) is 62.3 cm³/mol. The first kappa shape index (κ1) is 11.1. The molecule has 0 fully saturated rings. The number of carbonyl (C=O) groups is 1. The molecular formula is C12H10N2O3. The van der Waals surface area contributed by atoms with Crippen LogP contribution >= 0.6 is 0 Å². The number of aliphatic carboxylic acids is 1. The van der Waals surface area contributed by atoms with Gasteiger partial charge in [-0.2, -0.15) is 0 Å². The van der Waals surface area contributed by atoms with E-state index in [0.717, 1.165) is 10.9 Å². The van der Waals surface area contributed by atoms with E-state index in [1.54, 1.807) is 6.07 Å².